The quantitative estimate of drug-likeness (QED) is 0.101. The Morgan fingerprint density at radius 3 is 2.07 bits per heavy atom. The molecule has 5 rings (SSSR count). The van der Waals surface area contributed by atoms with Gasteiger partial charge in [0.1, 0.15) is 16.8 Å². The molecule has 11 heteroatoms. The third-order valence-corrected chi connectivity index (χ3v) is 8.53. The summed E-state index contributed by atoms with van der Waals surface area (Å²) in [6.45, 7) is 0. The smallest absolute Gasteiger partial charge is 0.272 e. The van der Waals surface area contributed by atoms with Crippen LogP contribution in [-0.4, -0.2) is 22.7 Å². The van der Waals surface area contributed by atoms with Gasteiger partial charge in [-0.15, -0.1) is 11.8 Å². The summed E-state index contributed by atoms with van der Waals surface area (Å²) in [4.78, 5) is 44.7. The summed E-state index contributed by atoms with van der Waals surface area (Å²) in [5, 5.41) is 8.99. The van der Waals surface area contributed by atoms with Gasteiger partial charge in [-0.05, 0) is 77.9 Å². The van der Waals surface area contributed by atoms with E-state index in [-0.39, 0.29) is 11.6 Å². The summed E-state index contributed by atoms with van der Waals surface area (Å²) in [6, 6.07) is 33.1. The van der Waals surface area contributed by atoms with Gasteiger partial charge >= 0.3 is 0 Å². The van der Waals surface area contributed by atoms with E-state index in [4.69, 9.17) is 34.8 Å². The van der Waals surface area contributed by atoms with Crippen molar-refractivity contribution < 1.29 is 14.4 Å². The molecule has 0 aliphatic carbocycles. The predicted molar refractivity (Wildman–Crippen MR) is 186 cm³/mol. The van der Waals surface area contributed by atoms with Crippen molar-refractivity contribution in [3.8, 4) is 0 Å². The lowest BCUT2D eigenvalue weighted by Gasteiger charge is -2.17. The van der Waals surface area contributed by atoms with Crippen molar-refractivity contribution in [1.82, 2.24) is 10.3 Å². The van der Waals surface area contributed by atoms with Crippen molar-refractivity contribution >= 4 is 81.9 Å². The van der Waals surface area contributed by atoms with E-state index in [1.165, 1.54) is 24.0 Å². The summed E-state index contributed by atoms with van der Waals surface area (Å²) in [5.74, 6) is -0.893. The van der Waals surface area contributed by atoms with Crippen molar-refractivity contribution in [3.05, 3.63) is 159 Å². The second-order valence-electron chi connectivity index (χ2n) is 9.78. The number of halogens is 3. The molecule has 4 aromatic carbocycles. The van der Waals surface area contributed by atoms with Gasteiger partial charge in [-0.1, -0.05) is 89.4 Å². The fourth-order valence-electron chi connectivity index (χ4n) is 4.21. The predicted octanol–water partition coefficient (Wildman–Crippen LogP) is 8.92. The minimum Gasteiger partial charge on any atom is -0.321 e. The van der Waals surface area contributed by atoms with E-state index in [1.54, 1.807) is 84.9 Å². The largest absolute Gasteiger partial charge is 0.321 e. The molecule has 3 N–H and O–H groups in total. The van der Waals surface area contributed by atoms with E-state index in [2.05, 4.69) is 20.9 Å². The number of anilines is 2. The van der Waals surface area contributed by atoms with Gasteiger partial charge < -0.3 is 16.0 Å². The highest BCUT2D eigenvalue weighted by Crippen LogP contribution is 2.36. The second-order valence-corrected chi connectivity index (χ2v) is 12.2. The van der Waals surface area contributed by atoms with Crippen LogP contribution in [0.3, 0.4) is 0 Å². The highest BCUT2D eigenvalue weighted by molar-refractivity contribution is 8.00. The van der Waals surface area contributed by atoms with E-state index in [1.807, 2.05) is 30.3 Å². The van der Waals surface area contributed by atoms with Gasteiger partial charge in [0.05, 0.1) is 5.02 Å². The number of hydrogen-bond donors (Lipinski definition) is 3. The van der Waals surface area contributed by atoms with Crippen molar-refractivity contribution in [3.63, 3.8) is 0 Å². The Hall–Kier alpha value is -4.60. The van der Waals surface area contributed by atoms with Crippen molar-refractivity contribution in [2.75, 3.05) is 10.6 Å². The first-order chi connectivity index (χ1) is 22.2. The molecule has 0 fully saturated rings. The molecule has 46 heavy (non-hydrogen) atoms. The Labute approximate surface area is 285 Å². The van der Waals surface area contributed by atoms with Crippen LogP contribution in [0.5, 0.6) is 0 Å². The molecule has 1 aromatic heterocycles. The number of carbonyl (C=O) groups is 3. The third-order valence-electron chi connectivity index (χ3n) is 6.48. The molecule has 0 saturated heterocycles. The molecule has 1 heterocycles. The molecule has 0 spiro atoms. The van der Waals surface area contributed by atoms with Crippen molar-refractivity contribution in [2.45, 2.75) is 10.1 Å². The number of nitrogens with zero attached hydrogens (tertiary/aromatic N) is 1. The molecule has 7 nitrogen and oxygen atoms in total. The van der Waals surface area contributed by atoms with Gasteiger partial charge in [0, 0.05) is 32.4 Å². The Morgan fingerprint density at radius 2 is 1.41 bits per heavy atom. The molecule has 5 aromatic rings. The molecule has 1 unspecified atom stereocenters. The highest BCUT2D eigenvalue weighted by atomic mass is 35.5. The van der Waals surface area contributed by atoms with Gasteiger partial charge in [-0.2, -0.15) is 0 Å². The first-order valence-corrected chi connectivity index (χ1v) is 15.8. The number of pyridine rings is 1. The van der Waals surface area contributed by atoms with Crippen LogP contribution in [0.1, 0.15) is 26.7 Å². The van der Waals surface area contributed by atoms with Crippen LogP contribution in [0, 0.1) is 0 Å². The van der Waals surface area contributed by atoms with Crippen LogP contribution in [0.4, 0.5) is 11.5 Å². The fraction of sp³-hybridized carbons (Fsp3) is 0.0286. The van der Waals surface area contributed by atoms with Gasteiger partial charge in [0.25, 0.3) is 11.8 Å². The molecular formula is C35H25Cl3N4O3S. The number of carbonyl (C=O) groups excluding carboxylic acids is 3. The van der Waals surface area contributed by atoms with E-state index in [9.17, 15) is 14.4 Å². The lowest BCUT2D eigenvalue weighted by atomic mass is 10.1. The zero-order valence-electron chi connectivity index (χ0n) is 23.9. The molecule has 0 radical (unpaired) electrons. The van der Waals surface area contributed by atoms with Gasteiger partial charge in [0.2, 0.25) is 5.91 Å². The lowest BCUT2D eigenvalue weighted by Crippen LogP contribution is -2.30. The molecule has 3 amide bonds. The maximum atomic E-state index is 13.5. The highest BCUT2D eigenvalue weighted by Gasteiger charge is 2.23. The molecule has 0 aliphatic rings. The number of amides is 3. The summed E-state index contributed by atoms with van der Waals surface area (Å²) >= 11 is 19.7. The SMILES string of the molecule is O=C(Nc1ccc(SC(C(=O)Nc2ccc(Cl)cn2)c2ccccc2)cc1)/C(=C/c1ccc(Cl)cc1Cl)NC(=O)c1ccccc1. The van der Waals surface area contributed by atoms with Crippen LogP contribution in [0.2, 0.25) is 15.1 Å². The lowest BCUT2D eigenvalue weighted by molar-refractivity contribution is -0.116. The van der Waals surface area contributed by atoms with Crippen LogP contribution in [0.25, 0.3) is 6.08 Å². The fourth-order valence-corrected chi connectivity index (χ4v) is 5.81. The Bertz CT molecular complexity index is 1870. The van der Waals surface area contributed by atoms with Crippen LogP contribution < -0.4 is 16.0 Å². The number of aromatic nitrogens is 1. The average molecular weight is 688 g/mol. The normalized spacial score (nSPS) is 11.8. The molecule has 1 atom stereocenters. The molecule has 0 saturated carbocycles. The molecular weight excluding hydrogens is 663 g/mol. The summed E-state index contributed by atoms with van der Waals surface area (Å²) in [5.41, 5.74) is 2.14. The zero-order chi connectivity index (χ0) is 32.5. The maximum absolute atomic E-state index is 13.5. The first-order valence-electron chi connectivity index (χ1n) is 13.8. The minimum atomic E-state index is -0.592. The summed E-state index contributed by atoms with van der Waals surface area (Å²) in [7, 11) is 0. The van der Waals surface area contributed by atoms with E-state index < -0.39 is 17.1 Å². The Kier molecular flexibility index (Phi) is 11.1. The van der Waals surface area contributed by atoms with Gasteiger partial charge in [-0.25, -0.2) is 4.98 Å². The molecule has 0 aliphatic heterocycles. The molecule has 0 bridgehead atoms. The summed E-state index contributed by atoms with van der Waals surface area (Å²) in [6.07, 6.45) is 2.95. The number of hydrogen-bond acceptors (Lipinski definition) is 5. The maximum Gasteiger partial charge on any atom is 0.272 e. The zero-order valence-corrected chi connectivity index (χ0v) is 27.0. The van der Waals surface area contributed by atoms with Crippen molar-refractivity contribution in [2.24, 2.45) is 0 Å². The van der Waals surface area contributed by atoms with Crippen LogP contribution >= 0.6 is 46.6 Å². The van der Waals surface area contributed by atoms with Crippen LogP contribution in [0.15, 0.2) is 132 Å². The standard InChI is InChI=1S/C35H25Cl3N4O3S/c36-25-12-11-24(29(38)20-25)19-30(41-33(43)23-9-5-2-6-10-23)34(44)40-27-14-16-28(17-15-27)46-32(22-7-3-1-4-8-22)35(45)42-31-18-13-26(37)21-39-31/h1-21,32H,(H,40,44)(H,41,43)(H,39,42,45)/b30-19-. The van der Waals surface area contributed by atoms with Gasteiger partial charge in [-0.3, -0.25) is 14.4 Å². The van der Waals surface area contributed by atoms with Crippen molar-refractivity contribution in [1.29, 1.82) is 0 Å². The number of benzene rings is 4. The van der Waals surface area contributed by atoms with E-state index in [0.29, 0.717) is 37.7 Å². The number of rotatable bonds is 10. The number of thioether (sulfide) groups is 1. The Balaban J connectivity index is 1.33. The van der Waals surface area contributed by atoms with Gasteiger partial charge in [0.15, 0.2) is 0 Å². The average Bonchev–Trinajstić information content (AvgIpc) is 3.07. The van der Waals surface area contributed by atoms with E-state index >= 15 is 0 Å². The monoisotopic (exact) mass is 686 g/mol. The van der Waals surface area contributed by atoms with E-state index in [0.717, 1.165) is 10.5 Å². The summed E-state index contributed by atoms with van der Waals surface area (Å²) < 4.78 is 0. The number of nitrogens with one attached hydrogen (secondary N) is 3. The minimum absolute atomic E-state index is 0.0202. The Morgan fingerprint density at radius 1 is 0.739 bits per heavy atom. The van der Waals surface area contributed by atoms with Crippen LogP contribution in [-0.2, 0) is 9.59 Å². The third kappa shape index (κ3) is 8.99. The molecule has 230 valence electrons. The first kappa shape index (κ1) is 32.8. The second kappa shape index (κ2) is 15.6. The topological polar surface area (TPSA) is 100 Å².